The van der Waals surface area contributed by atoms with E-state index in [9.17, 15) is 5.11 Å². The largest absolute Gasteiger partial charge is 0.394 e. The highest BCUT2D eigenvalue weighted by Crippen LogP contribution is 2.39. The Morgan fingerprint density at radius 1 is 1.18 bits per heavy atom. The van der Waals surface area contributed by atoms with Crippen molar-refractivity contribution >= 4 is 0 Å². The van der Waals surface area contributed by atoms with Gasteiger partial charge in [-0.05, 0) is 55.6 Å². The molecular weight excluding hydrogens is 274 g/mol. The summed E-state index contributed by atoms with van der Waals surface area (Å²) in [5.41, 5.74) is 8.62. The SMILES string of the molecule is COCCCCCCc1ccc([C@H]2CC[C@@](N)(CO)C2)cc1. The molecular formula is C19H31NO2. The second kappa shape index (κ2) is 8.66. The van der Waals surface area contributed by atoms with E-state index in [-0.39, 0.29) is 12.1 Å². The maximum atomic E-state index is 9.38. The van der Waals surface area contributed by atoms with Crippen molar-refractivity contribution in [3.63, 3.8) is 0 Å². The number of nitrogens with two attached hydrogens (primary N) is 1. The van der Waals surface area contributed by atoms with Crippen LogP contribution in [-0.2, 0) is 11.2 Å². The highest BCUT2D eigenvalue weighted by atomic mass is 16.5. The summed E-state index contributed by atoms with van der Waals surface area (Å²) in [6.45, 7) is 0.983. The van der Waals surface area contributed by atoms with Crippen LogP contribution in [-0.4, -0.2) is 31.0 Å². The number of unbranched alkanes of at least 4 members (excludes halogenated alkanes) is 3. The van der Waals surface area contributed by atoms with Gasteiger partial charge < -0.3 is 15.6 Å². The van der Waals surface area contributed by atoms with E-state index in [1.54, 1.807) is 7.11 Å². The van der Waals surface area contributed by atoms with Gasteiger partial charge in [-0.25, -0.2) is 0 Å². The van der Waals surface area contributed by atoms with E-state index in [0.29, 0.717) is 5.92 Å². The Kier molecular flexibility index (Phi) is 6.87. The number of aryl methyl sites for hydroxylation is 1. The summed E-state index contributed by atoms with van der Waals surface area (Å²) < 4.78 is 5.07. The Labute approximate surface area is 134 Å². The molecule has 0 heterocycles. The summed E-state index contributed by atoms with van der Waals surface area (Å²) in [4.78, 5) is 0. The van der Waals surface area contributed by atoms with Crippen molar-refractivity contribution in [1.82, 2.24) is 0 Å². The van der Waals surface area contributed by atoms with Crippen LogP contribution in [0.4, 0.5) is 0 Å². The highest BCUT2D eigenvalue weighted by Gasteiger charge is 2.35. The number of benzene rings is 1. The second-order valence-corrected chi connectivity index (χ2v) is 6.86. The standard InChI is InChI=1S/C19H31NO2/c1-22-13-5-3-2-4-6-16-7-9-17(10-8-16)18-11-12-19(20,14-18)15-21/h7-10,18,21H,2-6,11-15,20H2,1H3/t18-,19-/m0/s1. The topological polar surface area (TPSA) is 55.5 Å². The lowest BCUT2D eigenvalue weighted by Crippen LogP contribution is -2.40. The molecule has 2 rings (SSSR count). The fourth-order valence-corrected chi connectivity index (χ4v) is 3.47. The molecule has 1 aliphatic rings. The molecule has 1 aromatic carbocycles. The zero-order chi connectivity index (χ0) is 15.8. The molecule has 0 bridgehead atoms. The van der Waals surface area contributed by atoms with Crippen LogP contribution in [0, 0.1) is 0 Å². The molecule has 0 aromatic heterocycles. The van der Waals surface area contributed by atoms with Crippen molar-refractivity contribution in [3.05, 3.63) is 35.4 Å². The fourth-order valence-electron chi connectivity index (χ4n) is 3.47. The first-order valence-electron chi connectivity index (χ1n) is 8.64. The Balaban J connectivity index is 1.74. The van der Waals surface area contributed by atoms with Crippen molar-refractivity contribution in [3.8, 4) is 0 Å². The molecule has 1 fully saturated rings. The predicted molar refractivity (Wildman–Crippen MR) is 91.1 cm³/mol. The molecule has 1 aliphatic carbocycles. The van der Waals surface area contributed by atoms with Gasteiger partial charge in [0.05, 0.1) is 6.61 Å². The Hall–Kier alpha value is -0.900. The van der Waals surface area contributed by atoms with Gasteiger partial charge in [0, 0.05) is 19.3 Å². The molecule has 124 valence electrons. The Morgan fingerprint density at radius 3 is 2.55 bits per heavy atom. The van der Waals surface area contributed by atoms with Crippen LogP contribution >= 0.6 is 0 Å². The van der Waals surface area contributed by atoms with E-state index in [2.05, 4.69) is 24.3 Å². The van der Waals surface area contributed by atoms with Crippen molar-refractivity contribution in [2.75, 3.05) is 20.3 Å². The molecule has 2 atom stereocenters. The van der Waals surface area contributed by atoms with E-state index in [4.69, 9.17) is 10.5 Å². The summed E-state index contributed by atoms with van der Waals surface area (Å²) in [6, 6.07) is 9.04. The summed E-state index contributed by atoms with van der Waals surface area (Å²) in [5.74, 6) is 0.514. The number of methoxy groups -OCH3 is 1. The molecule has 3 heteroatoms. The van der Waals surface area contributed by atoms with Crippen molar-refractivity contribution < 1.29 is 9.84 Å². The minimum Gasteiger partial charge on any atom is -0.394 e. The number of hydrogen-bond donors (Lipinski definition) is 2. The number of aliphatic hydroxyl groups is 1. The average Bonchev–Trinajstić information content (AvgIpc) is 2.94. The summed E-state index contributed by atoms with van der Waals surface area (Å²) in [6.07, 6.45) is 9.05. The molecule has 0 unspecified atom stereocenters. The zero-order valence-corrected chi connectivity index (χ0v) is 13.9. The van der Waals surface area contributed by atoms with Gasteiger partial charge >= 0.3 is 0 Å². The molecule has 0 aliphatic heterocycles. The maximum Gasteiger partial charge on any atom is 0.0611 e. The van der Waals surface area contributed by atoms with E-state index >= 15 is 0 Å². The average molecular weight is 305 g/mol. The van der Waals surface area contributed by atoms with Crippen molar-refractivity contribution in [2.24, 2.45) is 5.73 Å². The first-order chi connectivity index (χ1) is 10.7. The third-order valence-corrected chi connectivity index (χ3v) is 4.97. The number of hydrogen-bond acceptors (Lipinski definition) is 3. The van der Waals surface area contributed by atoms with Gasteiger partial charge in [-0.3, -0.25) is 0 Å². The van der Waals surface area contributed by atoms with Gasteiger partial charge in [-0.1, -0.05) is 37.1 Å². The molecule has 0 amide bonds. The van der Waals surface area contributed by atoms with Gasteiger partial charge in [0.25, 0.3) is 0 Å². The van der Waals surface area contributed by atoms with Gasteiger partial charge in [-0.2, -0.15) is 0 Å². The Bertz CT molecular complexity index is 432. The van der Waals surface area contributed by atoms with E-state index in [1.807, 2.05) is 0 Å². The minimum absolute atomic E-state index is 0.102. The van der Waals surface area contributed by atoms with Crippen LogP contribution in [0.5, 0.6) is 0 Å². The molecule has 0 saturated heterocycles. The second-order valence-electron chi connectivity index (χ2n) is 6.86. The highest BCUT2D eigenvalue weighted by molar-refractivity contribution is 5.27. The molecule has 1 saturated carbocycles. The van der Waals surface area contributed by atoms with Crippen LogP contribution in [0.3, 0.4) is 0 Å². The van der Waals surface area contributed by atoms with E-state index in [0.717, 1.165) is 32.3 Å². The summed E-state index contributed by atoms with van der Waals surface area (Å²) >= 11 is 0. The van der Waals surface area contributed by atoms with Gasteiger partial charge in [-0.15, -0.1) is 0 Å². The molecule has 3 nitrogen and oxygen atoms in total. The summed E-state index contributed by atoms with van der Waals surface area (Å²) in [5, 5.41) is 9.38. The third kappa shape index (κ3) is 5.08. The molecule has 0 radical (unpaired) electrons. The van der Waals surface area contributed by atoms with Crippen LogP contribution in [0.2, 0.25) is 0 Å². The lowest BCUT2D eigenvalue weighted by Gasteiger charge is -2.21. The lowest BCUT2D eigenvalue weighted by atomic mass is 9.92. The maximum absolute atomic E-state index is 9.38. The summed E-state index contributed by atoms with van der Waals surface area (Å²) in [7, 11) is 1.77. The monoisotopic (exact) mass is 305 g/mol. The predicted octanol–water partition coefficient (Wildman–Crippen LogP) is 3.39. The normalized spacial score (nSPS) is 24.8. The Morgan fingerprint density at radius 2 is 1.91 bits per heavy atom. The van der Waals surface area contributed by atoms with Crippen LogP contribution < -0.4 is 5.73 Å². The van der Waals surface area contributed by atoms with Gasteiger partial charge in [0.1, 0.15) is 0 Å². The quantitative estimate of drug-likeness (QED) is 0.688. The number of ether oxygens (including phenoxy) is 1. The minimum atomic E-state index is -0.356. The van der Waals surface area contributed by atoms with Crippen LogP contribution in [0.15, 0.2) is 24.3 Å². The fraction of sp³-hybridized carbons (Fsp3) is 0.684. The van der Waals surface area contributed by atoms with Crippen LogP contribution in [0.25, 0.3) is 0 Å². The van der Waals surface area contributed by atoms with Gasteiger partial charge in [0.2, 0.25) is 0 Å². The molecule has 0 spiro atoms. The first kappa shape index (κ1) is 17.5. The molecule has 1 aromatic rings. The van der Waals surface area contributed by atoms with Gasteiger partial charge in [0.15, 0.2) is 0 Å². The lowest BCUT2D eigenvalue weighted by molar-refractivity contribution is 0.192. The number of rotatable bonds is 9. The van der Waals surface area contributed by atoms with E-state index in [1.165, 1.54) is 36.8 Å². The van der Waals surface area contributed by atoms with E-state index < -0.39 is 0 Å². The third-order valence-electron chi connectivity index (χ3n) is 4.97. The molecule has 3 N–H and O–H groups in total. The van der Waals surface area contributed by atoms with Crippen molar-refractivity contribution in [2.45, 2.75) is 62.8 Å². The number of aliphatic hydroxyl groups excluding tert-OH is 1. The van der Waals surface area contributed by atoms with Crippen molar-refractivity contribution in [1.29, 1.82) is 0 Å². The first-order valence-corrected chi connectivity index (χ1v) is 8.64. The molecule has 22 heavy (non-hydrogen) atoms. The zero-order valence-electron chi connectivity index (χ0n) is 13.9. The van der Waals surface area contributed by atoms with Crippen LogP contribution in [0.1, 0.15) is 62.0 Å². The smallest absolute Gasteiger partial charge is 0.0611 e.